The highest BCUT2D eigenvalue weighted by Gasteiger charge is 2.46. The molecule has 1 aromatic heterocycles. The van der Waals surface area contributed by atoms with E-state index in [0.717, 1.165) is 20.3 Å². The molecule has 0 radical (unpaired) electrons. The maximum atomic E-state index is 10.8. The molecular weight excluding hydrogens is 500 g/mol. The minimum absolute atomic E-state index is 0.137. The lowest BCUT2D eigenvalue weighted by Gasteiger charge is -2.36. The minimum atomic E-state index is -0.594. The highest BCUT2D eigenvalue weighted by molar-refractivity contribution is 9.12. The number of hydrogen-bond donors (Lipinski definition) is 2. The molecule has 2 N–H and O–H groups in total. The van der Waals surface area contributed by atoms with E-state index in [0.29, 0.717) is 25.9 Å². The number of rotatable bonds is 7. The first-order chi connectivity index (χ1) is 13.9. The molecular formula is C21H24Br2N4O2. The molecule has 29 heavy (non-hydrogen) atoms. The summed E-state index contributed by atoms with van der Waals surface area (Å²) in [7, 11) is 0. The van der Waals surface area contributed by atoms with Gasteiger partial charge in [0.25, 0.3) is 0 Å². The van der Waals surface area contributed by atoms with Crippen molar-refractivity contribution in [2.75, 3.05) is 18.1 Å². The van der Waals surface area contributed by atoms with Crippen LogP contribution in [0.4, 0.5) is 5.69 Å². The van der Waals surface area contributed by atoms with E-state index in [2.05, 4.69) is 84.4 Å². The van der Waals surface area contributed by atoms with Crippen molar-refractivity contribution < 1.29 is 10.2 Å². The van der Waals surface area contributed by atoms with Gasteiger partial charge in [-0.3, -0.25) is 0 Å². The van der Waals surface area contributed by atoms with Crippen molar-refractivity contribution in [1.29, 1.82) is 0 Å². The number of hydrogen-bond acceptors (Lipinski definition) is 5. The first kappa shape index (κ1) is 20.8. The fraction of sp³-hybridized carbons (Fsp3) is 0.429. The van der Waals surface area contributed by atoms with Crippen LogP contribution in [0.5, 0.6) is 0 Å². The topological polar surface area (TPSA) is 74.4 Å². The third kappa shape index (κ3) is 4.08. The predicted molar refractivity (Wildman–Crippen MR) is 120 cm³/mol. The summed E-state index contributed by atoms with van der Waals surface area (Å²) in [6.45, 7) is 3.25. The van der Waals surface area contributed by atoms with E-state index >= 15 is 0 Å². The number of allylic oxidation sites excluding steroid dienone is 2. The van der Waals surface area contributed by atoms with Gasteiger partial charge in [-0.2, -0.15) is 0 Å². The SMILES string of the molecule is CC12C=C(Br)C=CC1N(CC(O)Cn1cc(CCCO)nn1)c1ccc(Br)cc12. The molecule has 4 rings (SSSR count). The lowest BCUT2D eigenvalue weighted by molar-refractivity contribution is 0.151. The molecule has 1 aliphatic carbocycles. The molecule has 3 unspecified atom stereocenters. The van der Waals surface area contributed by atoms with Crippen molar-refractivity contribution in [3.8, 4) is 0 Å². The van der Waals surface area contributed by atoms with Gasteiger partial charge in [-0.15, -0.1) is 5.10 Å². The number of β-amino-alcohol motifs (C(OH)–C–C–N with tert-alkyl or cyclic N) is 1. The number of benzene rings is 1. The maximum Gasteiger partial charge on any atom is 0.0911 e. The second kappa shape index (κ2) is 8.34. The normalized spacial score (nSPS) is 23.7. The van der Waals surface area contributed by atoms with Crippen molar-refractivity contribution >= 4 is 37.5 Å². The quantitative estimate of drug-likeness (QED) is 0.582. The van der Waals surface area contributed by atoms with Gasteiger partial charge in [0, 0.05) is 39.4 Å². The van der Waals surface area contributed by atoms with E-state index in [9.17, 15) is 5.11 Å². The molecule has 2 heterocycles. The Kier molecular flexibility index (Phi) is 5.97. The molecule has 0 bridgehead atoms. The zero-order valence-corrected chi connectivity index (χ0v) is 19.3. The van der Waals surface area contributed by atoms with Crippen LogP contribution in [0.3, 0.4) is 0 Å². The van der Waals surface area contributed by atoms with E-state index in [4.69, 9.17) is 5.11 Å². The zero-order chi connectivity index (χ0) is 20.6. The summed E-state index contributed by atoms with van der Waals surface area (Å²) in [5.41, 5.74) is 3.06. The Hall–Kier alpha value is -1.48. The molecule has 154 valence electrons. The van der Waals surface area contributed by atoms with Crippen LogP contribution < -0.4 is 4.90 Å². The standard InChI is InChI=1S/C21H24Br2N4O2/c1-21-10-15(23)5-7-20(21)27(19-6-4-14(22)9-18(19)21)13-17(29)12-26-11-16(24-25-26)3-2-8-28/h4-7,9-11,17,20,28-29H,2-3,8,12-13H2,1H3. The van der Waals surface area contributed by atoms with Crippen LogP contribution >= 0.6 is 31.9 Å². The summed E-state index contributed by atoms with van der Waals surface area (Å²) < 4.78 is 3.81. The number of fused-ring (bicyclic) bond motifs is 3. The first-order valence-corrected chi connectivity index (χ1v) is 11.3. The first-order valence-electron chi connectivity index (χ1n) is 9.72. The molecule has 0 saturated heterocycles. The largest absolute Gasteiger partial charge is 0.396 e. The molecule has 0 amide bonds. The summed E-state index contributed by atoms with van der Waals surface area (Å²) >= 11 is 7.23. The van der Waals surface area contributed by atoms with Crippen LogP contribution in [0.1, 0.15) is 24.6 Å². The number of aryl methyl sites for hydroxylation is 1. The molecule has 0 spiro atoms. The predicted octanol–water partition coefficient (Wildman–Crippen LogP) is 3.32. The van der Waals surface area contributed by atoms with Crippen LogP contribution in [0.2, 0.25) is 0 Å². The van der Waals surface area contributed by atoms with Crippen LogP contribution in [0, 0.1) is 0 Å². The Morgan fingerprint density at radius 2 is 2.10 bits per heavy atom. The van der Waals surface area contributed by atoms with E-state index in [1.807, 2.05) is 12.3 Å². The second-order valence-corrected chi connectivity index (χ2v) is 9.67. The summed E-state index contributed by atoms with van der Waals surface area (Å²) in [6, 6.07) is 6.48. The summed E-state index contributed by atoms with van der Waals surface area (Å²) in [5.74, 6) is 0. The van der Waals surface area contributed by atoms with Gasteiger partial charge in [0.2, 0.25) is 0 Å². The highest BCUT2D eigenvalue weighted by atomic mass is 79.9. The number of aliphatic hydroxyl groups excluding tert-OH is 2. The van der Waals surface area contributed by atoms with Crippen LogP contribution in [0.15, 0.2) is 51.6 Å². The van der Waals surface area contributed by atoms with Crippen LogP contribution in [0.25, 0.3) is 0 Å². The lowest BCUT2D eigenvalue weighted by atomic mass is 9.76. The summed E-state index contributed by atoms with van der Waals surface area (Å²) in [6.07, 6.45) is 9.14. The monoisotopic (exact) mass is 522 g/mol. The Balaban J connectivity index is 1.54. The van der Waals surface area contributed by atoms with E-state index in [1.165, 1.54) is 5.56 Å². The molecule has 3 atom stereocenters. The van der Waals surface area contributed by atoms with E-state index in [1.54, 1.807) is 4.68 Å². The number of anilines is 1. The number of halogens is 2. The minimum Gasteiger partial charge on any atom is -0.396 e. The van der Waals surface area contributed by atoms with Crippen molar-refractivity contribution in [3.05, 3.63) is 62.8 Å². The van der Waals surface area contributed by atoms with Gasteiger partial charge in [-0.25, -0.2) is 4.68 Å². The fourth-order valence-electron chi connectivity index (χ4n) is 4.32. The van der Waals surface area contributed by atoms with E-state index < -0.39 is 6.10 Å². The Morgan fingerprint density at radius 3 is 2.90 bits per heavy atom. The van der Waals surface area contributed by atoms with Crippen molar-refractivity contribution in [3.63, 3.8) is 0 Å². The van der Waals surface area contributed by atoms with Gasteiger partial charge in [0.1, 0.15) is 0 Å². The Morgan fingerprint density at radius 1 is 1.28 bits per heavy atom. The zero-order valence-electron chi connectivity index (χ0n) is 16.2. The van der Waals surface area contributed by atoms with Crippen LogP contribution in [-0.4, -0.2) is 50.5 Å². The van der Waals surface area contributed by atoms with Gasteiger partial charge >= 0.3 is 0 Å². The van der Waals surface area contributed by atoms with E-state index in [-0.39, 0.29) is 18.1 Å². The van der Waals surface area contributed by atoms with Gasteiger partial charge in [0.05, 0.1) is 24.4 Å². The maximum absolute atomic E-state index is 10.8. The molecule has 1 aliphatic heterocycles. The summed E-state index contributed by atoms with van der Waals surface area (Å²) in [5, 5.41) is 28.0. The third-order valence-electron chi connectivity index (χ3n) is 5.66. The smallest absolute Gasteiger partial charge is 0.0911 e. The molecule has 0 fully saturated rings. The molecule has 1 aromatic carbocycles. The molecule has 2 aromatic rings. The fourth-order valence-corrected chi connectivity index (χ4v) is 5.31. The lowest BCUT2D eigenvalue weighted by Crippen LogP contribution is -2.45. The third-order valence-corrected chi connectivity index (χ3v) is 6.64. The van der Waals surface area contributed by atoms with Gasteiger partial charge in [0.15, 0.2) is 0 Å². The number of aliphatic hydroxyl groups is 2. The second-order valence-electron chi connectivity index (χ2n) is 7.84. The highest BCUT2D eigenvalue weighted by Crippen LogP contribution is 2.50. The average molecular weight is 524 g/mol. The van der Waals surface area contributed by atoms with Crippen molar-refractivity contribution in [1.82, 2.24) is 15.0 Å². The molecule has 0 saturated carbocycles. The van der Waals surface area contributed by atoms with Crippen molar-refractivity contribution in [2.24, 2.45) is 0 Å². The number of aromatic nitrogens is 3. The van der Waals surface area contributed by atoms with Gasteiger partial charge in [-0.05, 0) is 43.5 Å². The summed E-state index contributed by atoms with van der Waals surface area (Å²) in [4.78, 5) is 2.28. The van der Waals surface area contributed by atoms with Crippen molar-refractivity contribution in [2.45, 2.75) is 43.9 Å². The Bertz CT molecular complexity index is 958. The average Bonchev–Trinajstić information content (AvgIpc) is 3.20. The van der Waals surface area contributed by atoms with Gasteiger partial charge in [-0.1, -0.05) is 55.3 Å². The molecule has 8 heteroatoms. The van der Waals surface area contributed by atoms with Gasteiger partial charge < -0.3 is 15.1 Å². The van der Waals surface area contributed by atoms with Crippen LogP contribution in [-0.2, 0) is 18.4 Å². The number of nitrogens with zero attached hydrogens (tertiary/aromatic N) is 4. The molecule has 6 nitrogen and oxygen atoms in total. The Labute approximate surface area is 187 Å². The molecule has 2 aliphatic rings.